The molecule has 3 N–H and O–H groups in total. The molecule has 14 heteroatoms. The number of nitrogens with zero attached hydrogens (tertiary/aromatic N) is 2. The first-order valence-electron chi connectivity index (χ1n) is 13.7. The Morgan fingerprint density at radius 1 is 0.907 bits per heavy atom. The number of nitrogens with one attached hydrogen (secondary N) is 1. The third-order valence-corrected chi connectivity index (χ3v) is 7.96. The highest BCUT2D eigenvalue weighted by Crippen LogP contribution is 2.52. The van der Waals surface area contributed by atoms with Crippen molar-refractivity contribution in [2.24, 2.45) is 0 Å². The summed E-state index contributed by atoms with van der Waals surface area (Å²) in [5.74, 6) is -4.89. The largest absolute Gasteiger partial charge is 0.490 e. The van der Waals surface area contributed by atoms with Crippen LogP contribution in [0.5, 0.6) is 0 Å². The topological polar surface area (TPSA) is 120 Å². The number of hydrogen-bond donors (Lipinski definition) is 3. The van der Waals surface area contributed by atoms with E-state index in [1.807, 2.05) is 12.4 Å². The molecule has 1 aliphatic heterocycles. The van der Waals surface area contributed by atoms with Gasteiger partial charge in [0.2, 0.25) is 5.91 Å². The Kier molecular flexibility index (Phi) is 11.2. The van der Waals surface area contributed by atoms with Crippen LogP contribution in [0.2, 0.25) is 0 Å². The van der Waals surface area contributed by atoms with Crippen LogP contribution in [0.3, 0.4) is 0 Å². The molecule has 43 heavy (non-hydrogen) atoms. The molecule has 2 fully saturated rings. The van der Waals surface area contributed by atoms with Crippen LogP contribution in [0.25, 0.3) is 0 Å². The van der Waals surface area contributed by atoms with Crippen LogP contribution in [-0.4, -0.2) is 69.4 Å². The molecule has 1 aromatic carbocycles. The van der Waals surface area contributed by atoms with Crippen molar-refractivity contribution in [3.05, 3.63) is 65.5 Å². The molecule has 2 aliphatic carbocycles. The number of hydrogen-bond acceptors (Lipinski definition) is 5. The second kappa shape index (κ2) is 14.2. The standard InChI is InChI=1S/C25H31N3O.2C2HF3O2/c29-24(27-21-4-3-5-21)16-20-17-25(23-7-2-1-6-22(20)23)10-14-28(15-11-25)18-19-8-12-26-13-9-19;2*3-2(4,5)1(6)7/h1-2,6-9,12-13,20-21H,3-5,10-11,14-18H2,(H,27,29);2*(H,6,7). The first kappa shape index (κ1) is 33.8. The quantitative estimate of drug-likeness (QED) is 0.383. The average Bonchev–Trinajstić information content (AvgIpc) is 3.20. The predicted molar refractivity (Wildman–Crippen MR) is 142 cm³/mol. The minimum absolute atomic E-state index is 0.252. The lowest BCUT2D eigenvalue weighted by Gasteiger charge is -2.40. The molecular formula is C29H33F6N3O5. The predicted octanol–water partition coefficient (Wildman–Crippen LogP) is 5.43. The zero-order valence-electron chi connectivity index (χ0n) is 23.1. The van der Waals surface area contributed by atoms with E-state index in [1.165, 1.54) is 36.0 Å². The van der Waals surface area contributed by atoms with Gasteiger partial charge in [-0.1, -0.05) is 24.3 Å². The molecule has 1 atom stereocenters. The van der Waals surface area contributed by atoms with Crippen molar-refractivity contribution in [3.63, 3.8) is 0 Å². The number of likely N-dealkylation sites (tertiary alicyclic amines) is 1. The highest BCUT2D eigenvalue weighted by atomic mass is 19.4. The van der Waals surface area contributed by atoms with Crippen LogP contribution in [-0.2, 0) is 26.3 Å². The number of aliphatic carboxylic acids is 2. The number of piperidine rings is 1. The Labute approximate surface area is 244 Å². The van der Waals surface area contributed by atoms with E-state index in [0.717, 1.165) is 38.9 Å². The first-order valence-corrected chi connectivity index (χ1v) is 13.7. The van der Waals surface area contributed by atoms with Crippen molar-refractivity contribution in [1.82, 2.24) is 15.2 Å². The van der Waals surface area contributed by atoms with Gasteiger partial charge in [0.25, 0.3) is 0 Å². The van der Waals surface area contributed by atoms with Crippen LogP contribution >= 0.6 is 0 Å². The molecule has 2 aromatic rings. The van der Waals surface area contributed by atoms with E-state index in [4.69, 9.17) is 19.8 Å². The second-order valence-electron chi connectivity index (χ2n) is 10.9. The van der Waals surface area contributed by atoms with Crippen molar-refractivity contribution < 1.29 is 50.9 Å². The number of pyridine rings is 1. The van der Waals surface area contributed by atoms with Gasteiger partial charge in [-0.25, -0.2) is 9.59 Å². The molecule has 1 saturated carbocycles. The third-order valence-electron chi connectivity index (χ3n) is 7.96. The minimum atomic E-state index is -5.08. The number of carboxylic acids is 2. The number of carbonyl (C=O) groups is 3. The lowest BCUT2D eigenvalue weighted by Crippen LogP contribution is -2.41. The van der Waals surface area contributed by atoms with Gasteiger partial charge in [0, 0.05) is 31.4 Å². The van der Waals surface area contributed by atoms with E-state index in [0.29, 0.717) is 18.4 Å². The Bertz CT molecular complexity index is 1220. The van der Waals surface area contributed by atoms with Crippen molar-refractivity contribution in [1.29, 1.82) is 0 Å². The normalized spacial score (nSPS) is 19.5. The lowest BCUT2D eigenvalue weighted by atomic mass is 9.73. The number of alkyl halides is 6. The highest BCUT2D eigenvalue weighted by molar-refractivity contribution is 5.77. The van der Waals surface area contributed by atoms with Gasteiger partial charge in [-0.15, -0.1) is 0 Å². The fourth-order valence-electron chi connectivity index (χ4n) is 5.63. The number of amides is 1. The Morgan fingerprint density at radius 2 is 1.44 bits per heavy atom. The van der Waals surface area contributed by atoms with E-state index in [1.54, 1.807) is 0 Å². The maximum Gasteiger partial charge on any atom is 0.490 e. The summed E-state index contributed by atoms with van der Waals surface area (Å²) in [5.41, 5.74) is 4.55. The zero-order valence-corrected chi connectivity index (χ0v) is 23.1. The van der Waals surface area contributed by atoms with Crippen LogP contribution in [0.1, 0.15) is 67.6 Å². The summed E-state index contributed by atoms with van der Waals surface area (Å²) in [5, 5.41) is 17.5. The molecule has 1 saturated heterocycles. The van der Waals surface area contributed by atoms with E-state index in [2.05, 4.69) is 51.6 Å². The molecule has 1 spiro atoms. The number of halogens is 6. The monoisotopic (exact) mass is 617 g/mol. The van der Waals surface area contributed by atoms with Crippen molar-refractivity contribution >= 4 is 17.8 Å². The van der Waals surface area contributed by atoms with Gasteiger partial charge < -0.3 is 15.5 Å². The summed E-state index contributed by atoms with van der Waals surface area (Å²) in [6.07, 6.45) is 1.33. The first-order chi connectivity index (χ1) is 20.1. The summed E-state index contributed by atoms with van der Waals surface area (Å²) in [6, 6.07) is 13.6. The van der Waals surface area contributed by atoms with E-state index < -0.39 is 24.3 Å². The number of fused-ring (bicyclic) bond motifs is 2. The Hall–Kier alpha value is -3.68. The van der Waals surface area contributed by atoms with Gasteiger partial charge in [0.15, 0.2) is 0 Å². The number of rotatable bonds is 5. The maximum absolute atomic E-state index is 12.6. The summed E-state index contributed by atoms with van der Waals surface area (Å²) in [7, 11) is 0. The van der Waals surface area contributed by atoms with Crippen molar-refractivity contribution in [2.45, 2.75) is 81.2 Å². The molecule has 0 bridgehead atoms. The van der Waals surface area contributed by atoms with Gasteiger partial charge in [-0.3, -0.25) is 14.7 Å². The van der Waals surface area contributed by atoms with Gasteiger partial charge in [0.1, 0.15) is 0 Å². The van der Waals surface area contributed by atoms with Gasteiger partial charge in [0.05, 0.1) is 0 Å². The maximum atomic E-state index is 12.6. The smallest absolute Gasteiger partial charge is 0.475 e. The van der Waals surface area contributed by atoms with Gasteiger partial charge >= 0.3 is 24.3 Å². The third kappa shape index (κ3) is 9.66. The minimum Gasteiger partial charge on any atom is -0.475 e. The molecule has 1 amide bonds. The van der Waals surface area contributed by atoms with Crippen molar-refractivity contribution in [3.8, 4) is 0 Å². The number of carboxylic acid groups (broad SMARTS) is 2. The lowest BCUT2D eigenvalue weighted by molar-refractivity contribution is -0.193. The second-order valence-corrected chi connectivity index (χ2v) is 10.9. The van der Waals surface area contributed by atoms with Crippen molar-refractivity contribution in [2.75, 3.05) is 13.1 Å². The number of carbonyl (C=O) groups excluding carboxylic acids is 1. The van der Waals surface area contributed by atoms with Gasteiger partial charge in [-0.05, 0) is 91.8 Å². The van der Waals surface area contributed by atoms with E-state index in [9.17, 15) is 31.1 Å². The molecule has 1 aromatic heterocycles. The number of benzene rings is 1. The fourth-order valence-corrected chi connectivity index (χ4v) is 5.63. The van der Waals surface area contributed by atoms with E-state index in [-0.39, 0.29) is 11.3 Å². The molecule has 8 nitrogen and oxygen atoms in total. The SMILES string of the molecule is O=C(CC1CC2(CCN(Cc3ccncc3)CC2)c2ccccc21)NC1CCC1.O=C(O)C(F)(F)F.O=C(O)C(F)(F)F. The number of aromatic nitrogens is 1. The molecule has 236 valence electrons. The van der Waals surface area contributed by atoms with Crippen LogP contribution in [0.15, 0.2) is 48.8 Å². The summed E-state index contributed by atoms with van der Waals surface area (Å²) in [6.45, 7) is 3.25. The molecule has 3 aliphatic rings. The molecule has 1 unspecified atom stereocenters. The summed E-state index contributed by atoms with van der Waals surface area (Å²) in [4.78, 5) is 37.1. The van der Waals surface area contributed by atoms with E-state index >= 15 is 0 Å². The van der Waals surface area contributed by atoms with Crippen LogP contribution < -0.4 is 5.32 Å². The summed E-state index contributed by atoms with van der Waals surface area (Å²) >= 11 is 0. The zero-order chi connectivity index (χ0) is 31.8. The van der Waals surface area contributed by atoms with Crippen LogP contribution in [0.4, 0.5) is 26.3 Å². The Morgan fingerprint density at radius 3 is 1.93 bits per heavy atom. The fraction of sp³-hybridized carbons (Fsp3) is 0.517. The molecular weight excluding hydrogens is 584 g/mol. The van der Waals surface area contributed by atoms with Crippen LogP contribution in [0, 0.1) is 0 Å². The highest BCUT2D eigenvalue weighted by Gasteiger charge is 2.45. The summed E-state index contributed by atoms with van der Waals surface area (Å²) < 4.78 is 63.5. The molecule has 5 rings (SSSR count). The average molecular weight is 618 g/mol. The van der Waals surface area contributed by atoms with Gasteiger partial charge in [-0.2, -0.15) is 26.3 Å². The molecule has 0 radical (unpaired) electrons. The molecule has 2 heterocycles. The Balaban J connectivity index is 0.000000303.